The van der Waals surface area contributed by atoms with Gasteiger partial charge in [0.2, 0.25) is 0 Å². The topological polar surface area (TPSA) is 94.9 Å². The van der Waals surface area contributed by atoms with Crippen LogP contribution in [0.25, 0.3) is 0 Å². The fourth-order valence-corrected chi connectivity index (χ4v) is 4.92. The Kier molecular flexibility index (Phi) is 15.7. The maximum Gasteiger partial charge on any atom is 0.343 e. The van der Waals surface area contributed by atoms with E-state index in [0.717, 1.165) is 31.4 Å². The zero-order chi connectivity index (χ0) is 33.1. The number of carbonyl (C=O) groups is 2. The Balaban J connectivity index is 1.47. The minimum Gasteiger partial charge on any atom is -0.494 e. The average Bonchev–Trinajstić information content (AvgIpc) is 3.05. The fraction of sp³-hybridized carbons (Fsp3) is 0.462. The number of unbranched alkanes of at least 4 members (excludes halogenated alkanes) is 5. The second-order valence-corrected chi connectivity index (χ2v) is 12.3. The first-order valence-electron chi connectivity index (χ1n) is 16.7. The third-order valence-electron chi connectivity index (χ3n) is 7.79. The summed E-state index contributed by atoms with van der Waals surface area (Å²) in [7, 11) is 0. The van der Waals surface area contributed by atoms with E-state index < -0.39 is 11.9 Å². The zero-order valence-corrected chi connectivity index (χ0v) is 27.9. The van der Waals surface area contributed by atoms with E-state index in [0.29, 0.717) is 47.7 Å². The molecule has 0 saturated carbocycles. The molecule has 0 saturated heterocycles. The van der Waals surface area contributed by atoms with E-state index >= 15 is 0 Å². The van der Waals surface area contributed by atoms with E-state index in [1.54, 1.807) is 54.6 Å². The van der Waals surface area contributed by atoms with Crippen molar-refractivity contribution in [3.63, 3.8) is 0 Å². The number of carbonyl (C=O) groups excluding carboxylic acids is 2. The predicted octanol–water partition coefficient (Wildman–Crippen LogP) is 9.97. The number of rotatable bonds is 20. The Hall–Kier alpha value is -4.31. The summed E-state index contributed by atoms with van der Waals surface area (Å²) in [5.41, 5.74) is 0.944. The molecule has 0 fully saturated rings. The first-order valence-corrected chi connectivity index (χ1v) is 16.7. The second kappa shape index (κ2) is 19.9. The minimum atomic E-state index is -0.592. The summed E-state index contributed by atoms with van der Waals surface area (Å²) >= 11 is 0. The van der Waals surface area contributed by atoms with E-state index in [-0.39, 0.29) is 11.3 Å². The molecule has 0 aromatic heterocycles. The molecule has 3 aromatic rings. The van der Waals surface area contributed by atoms with Crippen molar-refractivity contribution >= 4 is 11.9 Å². The van der Waals surface area contributed by atoms with Gasteiger partial charge in [0, 0.05) is 0 Å². The van der Waals surface area contributed by atoms with Crippen molar-refractivity contribution in [1.82, 2.24) is 0 Å². The van der Waals surface area contributed by atoms with Crippen LogP contribution in [0.1, 0.15) is 118 Å². The largest absolute Gasteiger partial charge is 0.494 e. The summed E-state index contributed by atoms with van der Waals surface area (Å²) in [6, 6.07) is 19.9. The molecule has 0 amide bonds. The lowest BCUT2D eigenvalue weighted by atomic mass is 9.98. The highest BCUT2D eigenvalue weighted by Gasteiger charge is 2.15. The van der Waals surface area contributed by atoms with Crippen LogP contribution >= 0.6 is 0 Å². The third kappa shape index (κ3) is 13.0. The van der Waals surface area contributed by atoms with Gasteiger partial charge in [-0.25, -0.2) is 9.59 Å². The molecule has 0 aliphatic heterocycles. The highest BCUT2D eigenvalue weighted by molar-refractivity contribution is 5.93. The Morgan fingerprint density at radius 1 is 0.652 bits per heavy atom. The molecule has 0 aliphatic carbocycles. The summed E-state index contributed by atoms with van der Waals surface area (Å²) in [4.78, 5) is 25.6. The van der Waals surface area contributed by atoms with Gasteiger partial charge >= 0.3 is 11.9 Å². The zero-order valence-electron chi connectivity index (χ0n) is 27.9. The lowest BCUT2D eigenvalue weighted by Crippen LogP contribution is -2.11. The summed E-state index contributed by atoms with van der Waals surface area (Å²) in [6.07, 6.45) is 11.6. The molecular weight excluding hydrogens is 578 g/mol. The van der Waals surface area contributed by atoms with Crippen LogP contribution in [-0.4, -0.2) is 25.2 Å². The van der Waals surface area contributed by atoms with Crippen molar-refractivity contribution in [3.05, 3.63) is 83.4 Å². The maximum absolute atomic E-state index is 12.9. The van der Waals surface area contributed by atoms with Crippen molar-refractivity contribution < 1.29 is 28.5 Å². The van der Waals surface area contributed by atoms with Gasteiger partial charge in [0.15, 0.2) is 0 Å². The molecule has 0 heterocycles. The molecule has 0 unspecified atom stereocenters. The van der Waals surface area contributed by atoms with Gasteiger partial charge in [-0.3, -0.25) is 0 Å². The van der Waals surface area contributed by atoms with Crippen LogP contribution in [0.2, 0.25) is 0 Å². The summed E-state index contributed by atoms with van der Waals surface area (Å²) in [6.45, 7) is 10.0. The lowest BCUT2D eigenvalue weighted by Gasteiger charge is -2.14. The van der Waals surface area contributed by atoms with E-state index in [9.17, 15) is 14.9 Å². The molecule has 0 N–H and O–H groups in total. The van der Waals surface area contributed by atoms with E-state index in [2.05, 4.69) is 33.8 Å². The van der Waals surface area contributed by atoms with Gasteiger partial charge in [-0.15, -0.1) is 0 Å². The SMILES string of the molecule is CCCCCCCCOc1ccc(OC(=O)c2ccc(OC(=O)c3ccc(C#N)c(OCC[C@@H](C)CCCC(C)C)c3)cc2)cc1. The van der Waals surface area contributed by atoms with Gasteiger partial charge in [-0.2, -0.15) is 5.26 Å². The molecule has 7 nitrogen and oxygen atoms in total. The van der Waals surface area contributed by atoms with E-state index in [1.807, 2.05) is 0 Å². The smallest absolute Gasteiger partial charge is 0.343 e. The Morgan fingerprint density at radius 3 is 1.89 bits per heavy atom. The van der Waals surface area contributed by atoms with Crippen LogP contribution < -0.4 is 18.9 Å². The van der Waals surface area contributed by atoms with Crippen molar-refractivity contribution in [2.75, 3.05) is 13.2 Å². The van der Waals surface area contributed by atoms with Crippen LogP contribution in [0.3, 0.4) is 0 Å². The minimum absolute atomic E-state index is 0.266. The summed E-state index contributed by atoms with van der Waals surface area (Å²) in [5.74, 6) is 1.88. The molecule has 0 spiro atoms. The number of hydrogen-bond acceptors (Lipinski definition) is 7. The van der Waals surface area contributed by atoms with Crippen LogP contribution in [0.4, 0.5) is 0 Å². The molecule has 46 heavy (non-hydrogen) atoms. The average molecular weight is 628 g/mol. The molecule has 3 aromatic carbocycles. The number of hydrogen-bond donors (Lipinski definition) is 0. The monoisotopic (exact) mass is 627 g/mol. The van der Waals surface area contributed by atoms with E-state index in [1.165, 1.54) is 50.7 Å². The second-order valence-electron chi connectivity index (χ2n) is 12.3. The van der Waals surface area contributed by atoms with Crippen molar-refractivity contribution in [1.29, 1.82) is 5.26 Å². The van der Waals surface area contributed by atoms with Gasteiger partial charge in [0.1, 0.15) is 29.1 Å². The Bertz CT molecular complexity index is 1390. The lowest BCUT2D eigenvalue weighted by molar-refractivity contribution is 0.0730. The number of ether oxygens (including phenoxy) is 4. The standard InChI is InChI=1S/C39H49NO6/c1-5-6-7-8-9-10-25-43-34-20-22-36(23-21-34)45-38(41)31-16-18-35(19-17-31)46-39(42)32-14-15-33(28-40)37(27-32)44-26-24-30(4)13-11-12-29(2)3/h14-23,27,29-30H,5-13,24-26H2,1-4H3/t30-/m0/s1. The predicted molar refractivity (Wildman–Crippen MR) is 181 cm³/mol. The van der Waals surface area contributed by atoms with Gasteiger partial charge in [0.25, 0.3) is 0 Å². The molecule has 0 radical (unpaired) electrons. The first kappa shape index (κ1) is 36.2. The molecular formula is C39H49NO6. The number of nitriles is 1. The summed E-state index contributed by atoms with van der Waals surface area (Å²) in [5, 5.41) is 9.51. The van der Waals surface area contributed by atoms with Crippen LogP contribution in [-0.2, 0) is 0 Å². The summed E-state index contributed by atoms with van der Waals surface area (Å²) < 4.78 is 22.7. The molecule has 0 bridgehead atoms. The van der Waals surface area contributed by atoms with Crippen LogP contribution in [0.5, 0.6) is 23.0 Å². The number of esters is 2. The Labute approximate surface area is 274 Å². The molecule has 0 aliphatic rings. The van der Waals surface area contributed by atoms with Gasteiger partial charge in [0.05, 0.1) is 29.9 Å². The highest BCUT2D eigenvalue weighted by Crippen LogP contribution is 2.24. The van der Waals surface area contributed by atoms with Crippen molar-refractivity contribution in [3.8, 4) is 29.1 Å². The van der Waals surface area contributed by atoms with Crippen molar-refractivity contribution in [2.24, 2.45) is 11.8 Å². The highest BCUT2D eigenvalue weighted by atomic mass is 16.5. The van der Waals surface area contributed by atoms with Gasteiger partial charge < -0.3 is 18.9 Å². The first-order chi connectivity index (χ1) is 22.3. The number of nitrogens with zero attached hydrogens (tertiary/aromatic N) is 1. The third-order valence-corrected chi connectivity index (χ3v) is 7.79. The van der Waals surface area contributed by atoms with Crippen LogP contribution in [0.15, 0.2) is 66.7 Å². The quantitative estimate of drug-likeness (QED) is 0.0699. The molecule has 1 atom stereocenters. The fourth-order valence-electron chi connectivity index (χ4n) is 4.92. The van der Waals surface area contributed by atoms with E-state index in [4.69, 9.17) is 18.9 Å². The van der Waals surface area contributed by atoms with Gasteiger partial charge in [-0.1, -0.05) is 79.1 Å². The molecule has 3 rings (SSSR count). The Morgan fingerprint density at radius 2 is 1.24 bits per heavy atom. The molecule has 7 heteroatoms. The maximum atomic E-state index is 12.9. The normalized spacial score (nSPS) is 11.5. The number of benzene rings is 3. The molecule has 246 valence electrons. The van der Waals surface area contributed by atoms with Crippen molar-refractivity contribution in [2.45, 2.75) is 91.9 Å². The van der Waals surface area contributed by atoms with Crippen LogP contribution in [0, 0.1) is 23.2 Å². The van der Waals surface area contributed by atoms with Gasteiger partial charge in [-0.05, 0) is 91.4 Å².